The van der Waals surface area contributed by atoms with Crippen LogP contribution in [0.2, 0.25) is 0 Å². The van der Waals surface area contributed by atoms with E-state index in [9.17, 15) is 9.59 Å². The first-order valence-electron chi connectivity index (χ1n) is 10.9. The number of ether oxygens (including phenoxy) is 1. The number of benzene rings is 1. The highest BCUT2D eigenvalue weighted by Crippen LogP contribution is 2.38. The van der Waals surface area contributed by atoms with Gasteiger partial charge < -0.3 is 10.1 Å². The van der Waals surface area contributed by atoms with Crippen molar-refractivity contribution in [2.24, 2.45) is 0 Å². The van der Waals surface area contributed by atoms with Crippen molar-refractivity contribution in [3.63, 3.8) is 0 Å². The van der Waals surface area contributed by atoms with Crippen LogP contribution in [0.1, 0.15) is 61.0 Å². The first-order chi connectivity index (χ1) is 14.8. The number of anilines is 1. The molecule has 2 aromatic rings. The molecule has 0 spiro atoms. The summed E-state index contributed by atoms with van der Waals surface area (Å²) >= 11 is 3.31. The minimum atomic E-state index is -0.344. The van der Waals surface area contributed by atoms with E-state index in [-0.39, 0.29) is 18.3 Å². The number of amides is 1. The number of hydrogen-bond donors (Lipinski definition) is 1. The molecule has 5 nitrogen and oxygen atoms in total. The molecule has 1 aromatic carbocycles. The third kappa shape index (κ3) is 6.11. The summed E-state index contributed by atoms with van der Waals surface area (Å²) in [6.45, 7) is 12.5. The average molecular weight is 461 g/mol. The highest BCUT2D eigenvalue weighted by Gasteiger charge is 2.30. The number of nitrogens with one attached hydrogen (secondary N) is 1. The number of hydrogen-bond acceptors (Lipinski definition) is 6. The average Bonchev–Trinajstić information content (AvgIpc) is 3.06. The Morgan fingerprint density at radius 2 is 1.90 bits per heavy atom. The molecular formula is C24H32N2O3S2. The zero-order valence-electron chi connectivity index (χ0n) is 19.0. The molecule has 0 saturated heterocycles. The van der Waals surface area contributed by atoms with E-state index in [4.69, 9.17) is 4.74 Å². The number of esters is 1. The molecule has 0 atom stereocenters. The van der Waals surface area contributed by atoms with E-state index in [2.05, 4.69) is 50.0 Å². The third-order valence-corrected chi connectivity index (χ3v) is 7.36. The fourth-order valence-electron chi connectivity index (χ4n) is 3.69. The molecule has 0 saturated carbocycles. The first kappa shape index (κ1) is 23.8. The summed E-state index contributed by atoms with van der Waals surface area (Å²) in [4.78, 5) is 30.2. The third-order valence-electron chi connectivity index (χ3n) is 5.21. The Bertz CT molecular complexity index is 920. The van der Waals surface area contributed by atoms with Crippen molar-refractivity contribution in [2.45, 2.75) is 70.2 Å². The van der Waals surface area contributed by atoms with Crippen molar-refractivity contribution in [2.75, 3.05) is 18.5 Å². The van der Waals surface area contributed by atoms with Crippen molar-refractivity contribution in [3.05, 3.63) is 45.8 Å². The number of fused-ring (bicyclic) bond motifs is 1. The van der Waals surface area contributed by atoms with Crippen LogP contribution in [0.4, 0.5) is 5.00 Å². The van der Waals surface area contributed by atoms with Crippen molar-refractivity contribution in [1.29, 1.82) is 0 Å². The molecule has 1 aliphatic rings. The number of carbonyl (C=O) groups is 2. The summed E-state index contributed by atoms with van der Waals surface area (Å²) in [7, 11) is 0. The van der Waals surface area contributed by atoms with Crippen LogP contribution in [0.5, 0.6) is 0 Å². The zero-order chi connectivity index (χ0) is 22.5. The summed E-state index contributed by atoms with van der Waals surface area (Å²) in [5.74, 6) is -0.461. The van der Waals surface area contributed by atoms with Gasteiger partial charge in [0.05, 0.1) is 18.6 Å². The zero-order valence-corrected chi connectivity index (χ0v) is 20.6. The van der Waals surface area contributed by atoms with Crippen LogP contribution in [-0.2, 0) is 28.9 Å². The van der Waals surface area contributed by atoms with E-state index in [0.29, 0.717) is 28.5 Å². The predicted molar refractivity (Wildman–Crippen MR) is 129 cm³/mol. The molecule has 1 amide bonds. The van der Waals surface area contributed by atoms with Crippen LogP contribution in [0.25, 0.3) is 0 Å². The van der Waals surface area contributed by atoms with Crippen molar-refractivity contribution in [3.8, 4) is 0 Å². The maximum absolute atomic E-state index is 12.8. The van der Waals surface area contributed by atoms with Crippen molar-refractivity contribution in [1.82, 2.24) is 4.90 Å². The van der Waals surface area contributed by atoms with E-state index in [1.165, 1.54) is 16.2 Å². The van der Waals surface area contributed by atoms with Gasteiger partial charge >= 0.3 is 5.97 Å². The van der Waals surface area contributed by atoms with Gasteiger partial charge in [-0.1, -0.05) is 26.0 Å². The van der Waals surface area contributed by atoms with Gasteiger partial charge in [0, 0.05) is 34.2 Å². The Morgan fingerprint density at radius 1 is 1.19 bits per heavy atom. The maximum atomic E-state index is 12.8. The molecule has 0 fully saturated rings. The summed E-state index contributed by atoms with van der Waals surface area (Å²) in [6.07, 6.45) is 1.07. The summed E-state index contributed by atoms with van der Waals surface area (Å²) in [5, 5.41) is 4.14. The van der Waals surface area contributed by atoms with Crippen LogP contribution < -0.4 is 5.32 Å². The molecule has 1 N–H and O–H groups in total. The Kier molecular flexibility index (Phi) is 8.19. The Morgan fingerprint density at radius 3 is 2.52 bits per heavy atom. The lowest BCUT2D eigenvalue weighted by molar-refractivity contribution is -0.115. The molecule has 7 heteroatoms. The quantitative estimate of drug-likeness (QED) is 0.424. The standard InChI is InChI=1S/C24H32N2O3S2/c1-6-29-24(28)22-19-11-12-26(15(2)3)14-20(19)31-23(22)25-21(27)13-17-7-9-18(10-8-17)30-16(4)5/h7-10,15-16H,6,11-14H2,1-5H3,(H,25,27). The minimum Gasteiger partial charge on any atom is -0.462 e. The second-order valence-electron chi connectivity index (χ2n) is 8.28. The van der Waals surface area contributed by atoms with E-state index in [1.807, 2.05) is 12.1 Å². The van der Waals surface area contributed by atoms with Crippen LogP contribution in [0.15, 0.2) is 29.2 Å². The number of rotatable bonds is 8. The lowest BCUT2D eigenvalue weighted by atomic mass is 10.0. The molecule has 0 radical (unpaired) electrons. The second kappa shape index (κ2) is 10.7. The fraction of sp³-hybridized carbons (Fsp3) is 0.500. The van der Waals surface area contributed by atoms with Crippen LogP contribution in [0.3, 0.4) is 0 Å². The molecule has 1 aromatic heterocycles. The molecule has 0 unspecified atom stereocenters. The lowest BCUT2D eigenvalue weighted by Gasteiger charge is -2.30. The van der Waals surface area contributed by atoms with Gasteiger partial charge in [-0.2, -0.15) is 0 Å². The molecular weight excluding hydrogens is 428 g/mol. The van der Waals surface area contributed by atoms with E-state index < -0.39 is 0 Å². The summed E-state index contributed by atoms with van der Waals surface area (Å²) in [6, 6.07) is 8.55. The number of nitrogens with zero attached hydrogens (tertiary/aromatic N) is 1. The van der Waals surface area contributed by atoms with Gasteiger partial charge in [-0.05, 0) is 50.5 Å². The molecule has 0 aliphatic carbocycles. The monoisotopic (exact) mass is 460 g/mol. The second-order valence-corrected chi connectivity index (χ2v) is 11.0. The first-order valence-corrected chi connectivity index (χ1v) is 12.6. The predicted octanol–water partition coefficient (Wildman–Crippen LogP) is 5.37. The van der Waals surface area contributed by atoms with Gasteiger partial charge in [-0.3, -0.25) is 9.69 Å². The van der Waals surface area contributed by atoms with Gasteiger partial charge in [0.15, 0.2) is 0 Å². The highest BCUT2D eigenvalue weighted by molar-refractivity contribution is 7.99. The molecule has 0 bridgehead atoms. The molecule has 1 aliphatic heterocycles. The topological polar surface area (TPSA) is 58.6 Å². The Labute approximate surface area is 193 Å². The largest absolute Gasteiger partial charge is 0.462 e. The van der Waals surface area contributed by atoms with Gasteiger partial charge in [0.1, 0.15) is 5.00 Å². The van der Waals surface area contributed by atoms with E-state index in [1.54, 1.807) is 18.7 Å². The molecule has 3 rings (SSSR count). The van der Waals surface area contributed by atoms with E-state index in [0.717, 1.165) is 35.5 Å². The molecule has 31 heavy (non-hydrogen) atoms. The van der Waals surface area contributed by atoms with Crippen LogP contribution >= 0.6 is 23.1 Å². The van der Waals surface area contributed by atoms with Crippen LogP contribution in [-0.4, -0.2) is 41.2 Å². The SMILES string of the molecule is CCOC(=O)c1c(NC(=O)Cc2ccc(SC(C)C)cc2)sc2c1CCN(C(C)C)C2. The number of thioether (sulfide) groups is 1. The smallest absolute Gasteiger partial charge is 0.341 e. The minimum absolute atomic E-state index is 0.117. The molecule has 168 valence electrons. The van der Waals surface area contributed by atoms with Gasteiger partial charge in [0.2, 0.25) is 5.91 Å². The Hall–Kier alpha value is -1.83. The lowest BCUT2D eigenvalue weighted by Crippen LogP contribution is -2.35. The fourth-order valence-corrected chi connectivity index (χ4v) is 5.80. The van der Waals surface area contributed by atoms with Crippen LogP contribution in [0, 0.1) is 0 Å². The summed E-state index contributed by atoms with van der Waals surface area (Å²) < 4.78 is 5.31. The number of thiophene rings is 1. The van der Waals surface area contributed by atoms with Gasteiger partial charge in [-0.25, -0.2) is 4.79 Å². The normalized spacial score (nSPS) is 14.0. The maximum Gasteiger partial charge on any atom is 0.341 e. The van der Waals surface area contributed by atoms with Crippen molar-refractivity contribution >= 4 is 40.0 Å². The number of carbonyl (C=O) groups excluding carboxylic acids is 2. The van der Waals surface area contributed by atoms with E-state index >= 15 is 0 Å². The van der Waals surface area contributed by atoms with Crippen molar-refractivity contribution < 1.29 is 14.3 Å². The summed E-state index contributed by atoms with van der Waals surface area (Å²) in [5.41, 5.74) is 2.53. The molecule has 2 heterocycles. The Balaban J connectivity index is 1.76. The van der Waals surface area contributed by atoms with Gasteiger partial charge in [-0.15, -0.1) is 23.1 Å². The van der Waals surface area contributed by atoms with Gasteiger partial charge in [0.25, 0.3) is 0 Å². The highest BCUT2D eigenvalue weighted by atomic mass is 32.2.